The molecule has 1 atom stereocenters. The van der Waals surface area contributed by atoms with Crippen LogP contribution in [-0.4, -0.2) is 37.6 Å². The van der Waals surface area contributed by atoms with Crippen LogP contribution in [0.5, 0.6) is 5.75 Å². The van der Waals surface area contributed by atoms with Gasteiger partial charge in [0, 0.05) is 13.6 Å². The molecule has 18 heavy (non-hydrogen) atoms. The van der Waals surface area contributed by atoms with Gasteiger partial charge in [-0.2, -0.15) is 0 Å². The zero-order valence-electron chi connectivity index (χ0n) is 11.6. The van der Waals surface area contributed by atoms with Gasteiger partial charge in [0.2, 0.25) is 5.91 Å². The van der Waals surface area contributed by atoms with E-state index in [0.29, 0.717) is 6.61 Å². The molecule has 0 heterocycles. The lowest BCUT2D eigenvalue weighted by Crippen LogP contribution is -2.41. The third kappa shape index (κ3) is 4.04. The molecule has 1 amide bonds. The molecule has 0 bridgehead atoms. The summed E-state index contributed by atoms with van der Waals surface area (Å²) >= 11 is 0. The van der Waals surface area contributed by atoms with Crippen molar-refractivity contribution < 1.29 is 9.53 Å². The van der Waals surface area contributed by atoms with Crippen molar-refractivity contribution in [2.45, 2.75) is 26.4 Å². The monoisotopic (exact) mass is 250 g/mol. The van der Waals surface area contributed by atoms with Gasteiger partial charge < -0.3 is 10.1 Å². The minimum absolute atomic E-state index is 0.0310. The van der Waals surface area contributed by atoms with Gasteiger partial charge in [0.1, 0.15) is 5.75 Å². The molecule has 0 saturated heterocycles. The van der Waals surface area contributed by atoms with Crippen molar-refractivity contribution in [2.24, 2.45) is 0 Å². The van der Waals surface area contributed by atoms with Crippen molar-refractivity contribution in [1.29, 1.82) is 0 Å². The van der Waals surface area contributed by atoms with Crippen molar-refractivity contribution >= 4 is 5.91 Å². The van der Waals surface area contributed by atoms with Crippen LogP contribution in [0, 0.1) is 0 Å². The van der Waals surface area contributed by atoms with E-state index in [1.807, 2.05) is 50.1 Å². The van der Waals surface area contributed by atoms with Crippen LogP contribution in [0.3, 0.4) is 0 Å². The van der Waals surface area contributed by atoms with Crippen molar-refractivity contribution in [3.63, 3.8) is 0 Å². The zero-order chi connectivity index (χ0) is 13.5. The van der Waals surface area contributed by atoms with Gasteiger partial charge in [-0.25, -0.2) is 0 Å². The number of ether oxygens (including phenoxy) is 1. The fourth-order valence-electron chi connectivity index (χ4n) is 1.69. The molecule has 4 heteroatoms. The number of rotatable bonds is 6. The van der Waals surface area contributed by atoms with Crippen LogP contribution < -0.4 is 10.1 Å². The van der Waals surface area contributed by atoms with Gasteiger partial charge in [-0.05, 0) is 38.6 Å². The van der Waals surface area contributed by atoms with E-state index in [-0.39, 0.29) is 11.9 Å². The predicted molar refractivity (Wildman–Crippen MR) is 72.6 cm³/mol. The third-order valence-corrected chi connectivity index (χ3v) is 2.95. The summed E-state index contributed by atoms with van der Waals surface area (Å²) in [5.74, 6) is 0.909. The molecule has 0 aliphatic heterocycles. The number of nitrogens with one attached hydrogen (secondary N) is 1. The summed E-state index contributed by atoms with van der Waals surface area (Å²) in [7, 11) is 3.60. The predicted octanol–water partition coefficient (Wildman–Crippen LogP) is 1.65. The maximum Gasteiger partial charge on any atom is 0.236 e. The fraction of sp³-hybridized carbons (Fsp3) is 0.500. The number of hydrogen-bond donors (Lipinski definition) is 1. The van der Waals surface area contributed by atoms with Crippen LogP contribution in [0.1, 0.15) is 19.4 Å². The second-order valence-electron chi connectivity index (χ2n) is 4.28. The van der Waals surface area contributed by atoms with Crippen LogP contribution in [0.4, 0.5) is 0 Å². The number of carbonyl (C=O) groups excluding carboxylic acids is 1. The van der Waals surface area contributed by atoms with Crippen LogP contribution >= 0.6 is 0 Å². The molecule has 1 N–H and O–H groups in total. The van der Waals surface area contributed by atoms with Gasteiger partial charge in [0.15, 0.2) is 0 Å². The summed E-state index contributed by atoms with van der Waals surface area (Å²) in [6.07, 6.45) is 0. The van der Waals surface area contributed by atoms with Crippen LogP contribution in [0.25, 0.3) is 0 Å². The lowest BCUT2D eigenvalue weighted by atomic mass is 10.2. The summed E-state index contributed by atoms with van der Waals surface area (Å²) in [6, 6.07) is 7.83. The summed E-state index contributed by atoms with van der Waals surface area (Å²) in [5, 5.41) is 2.66. The van der Waals surface area contributed by atoms with Crippen LogP contribution in [0.15, 0.2) is 24.3 Å². The van der Waals surface area contributed by atoms with Gasteiger partial charge >= 0.3 is 0 Å². The number of carbonyl (C=O) groups is 1. The minimum atomic E-state index is -0.137. The molecule has 0 aliphatic carbocycles. The summed E-state index contributed by atoms with van der Waals surface area (Å²) in [4.78, 5) is 13.5. The summed E-state index contributed by atoms with van der Waals surface area (Å²) in [6.45, 7) is 5.27. The number of amides is 1. The molecule has 0 radical (unpaired) electrons. The summed E-state index contributed by atoms with van der Waals surface area (Å²) in [5.41, 5.74) is 1.16. The van der Waals surface area contributed by atoms with E-state index in [2.05, 4.69) is 5.32 Å². The Morgan fingerprint density at radius 2 is 2.00 bits per heavy atom. The first-order valence-electron chi connectivity index (χ1n) is 6.22. The van der Waals surface area contributed by atoms with E-state index in [1.54, 1.807) is 7.05 Å². The Morgan fingerprint density at radius 3 is 2.50 bits per heavy atom. The highest BCUT2D eigenvalue weighted by Crippen LogP contribution is 2.14. The Kier molecular flexibility index (Phi) is 5.65. The molecule has 0 aliphatic rings. The van der Waals surface area contributed by atoms with E-state index in [4.69, 9.17) is 4.74 Å². The second kappa shape index (κ2) is 7.01. The number of nitrogens with zero attached hydrogens (tertiary/aromatic N) is 1. The largest absolute Gasteiger partial charge is 0.494 e. The smallest absolute Gasteiger partial charge is 0.236 e. The van der Waals surface area contributed by atoms with Crippen molar-refractivity contribution in [3.8, 4) is 5.75 Å². The topological polar surface area (TPSA) is 41.6 Å². The highest BCUT2D eigenvalue weighted by Gasteiger charge is 2.16. The van der Waals surface area contributed by atoms with E-state index in [0.717, 1.165) is 17.9 Å². The average molecular weight is 250 g/mol. The maximum absolute atomic E-state index is 11.5. The van der Waals surface area contributed by atoms with Crippen molar-refractivity contribution in [1.82, 2.24) is 10.2 Å². The highest BCUT2D eigenvalue weighted by atomic mass is 16.5. The van der Waals surface area contributed by atoms with E-state index < -0.39 is 0 Å². The standard InChI is InChI=1S/C14H22N2O2/c1-5-18-13-8-6-12(7-9-13)10-16(4)11(2)14(17)15-3/h6-9,11H,5,10H2,1-4H3,(H,15,17)/t11-/m0/s1. The molecule has 0 fully saturated rings. The maximum atomic E-state index is 11.5. The van der Waals surface area contributed by atoms with Crippen molar-refractivity contribution in [3.05, 3.63) is 29.8 Å². The van der Waals surface area contributed by atoms with Crippen LogP contribution in [-0.2, 0) is 11.3 Å². The molecule has 0 unspecified atom stereocenters. The van der Waals surface area contributed by atoms with Gasteiger partial charge in [0.25, 0.3) is 0 Å². The zero-order valence-corrected chi connectivity index (χ0v) is 11.6. The molecule has 0 saturated carbocycles. The SMILES string of the molecule is CCOc1ccc(CN(C)[C@@H](C)C(=O)NC)cc1. The molecule has 1 aromatic carbocycles. The first kappa shape index (κ1) is 14.5. The molecule has 1 rings (SSSR count). The fourth-order valence-corrected chi connectivity index (χ4v) is 1.69. The Balaban J connectivity index is 2.58. The highest BCUT2D eigenvalue weighted by molar-refractivity contribution is 5.80. The minimum Gasteiger partial charge on any atom is -0.494 e. The van der Waals surface area contributed by atoms with E-state index >= 15 is 0 Å². The molecule has 1 aromatic rings. The Bertz CT molecular complexity index is 376. The number of likely N-dealkylation sites (N-methyl/N-ethyl adjacent to an activating group) is 2. The van der Waals surface area contributed by atoms with Gasteiger partial charge in [-0.1, -0.05) is 12.1 Å². The summed E-state index contributed by atoms with van der Waals surface area (Å²) < 4.78 is 5.39. The first-order chi connectivity index (χ1) is 8.58. The van der Waals surface area contributed by atoms with Gasteiger partial charge in [0.05, 0.1) is 12.6 Å². The first-order valence-corrected chi connectivity index (χ1v) is 6.22. The Morgan fingerprint density at radius 1 is 1.39 bits per heavy atom. The number of benzene rings is 1. The normalized spacial score (nSPS) is 12.3. The van der Waals surface area contributed by atoms with Crippen LogP contribution in [0.2, 0.25) is 0 Å². The molecule has 0 spiro atoms. The third-order valence-electron chi connectivity index (χ3n) is 2.95. The molecule has 0 aromatic heterocycles. The van der Waals surface area contributed by atoms with E-state index in [1.165, 1.54) is 0 Å². The van der Waals surface area contributed by atoms with Gasteiger partial charge in [-0.15, -0.1) is 0 Å². The quantitative estimate of drug-likeness (QED) is 0.834. The van der Waals surface area contributed by atoms with Gasteiger partial charge in [-0.3, -0.25) is 9.69 Å². The molecular weight excluding hydrogens is 228 g/mol. The van der Waals surface area contributed by atoms with E-state index in [9.17, 15) is 4.79 Å². The Labute approximate surface area is 109 Å². The molecular formula is C14H22N2O2. The number of hydrogen-bond acceptors (Lipinski definition) is 3. The molecule has 4 nitrogen and oxygen atoms in total. The second-order valence-corrected chi connectivity index (χ2v) is 4.28. The average Bonchev–Trinajstić information content (AvgIpc) is 2.39. The molecule has 100 valence electrons. The Hall–Kier alpha value is -1.55. The lowest BCUT2D eigenvalue weighted by Gasteiger charge is -2.23. The van der Waals surface area contributed by atoms with Crippen molar-refractivity contribution in [2.75, 3.05) is 20.7 Å². The lowest BCUT2D eigenvalue weighted by molar-refractivity contribution is -0.125.